The number of amides is 2. The highest BCUT2D eigenvalue weighted by atomic mass is 79.9. The van der Waals surface area contributed by atoms with Gasteiger partial charge in [0.15, 0.2) is 0 Å². The van der Waals surface area contributed by atoms with Crippen molar-refractivity contribution in [3.63, 3.8) is 0 Å². The van der Waals surface area contributed by atoms with E-state index in [-0.39, 0.29) is 30.2 Å². The molecule has 24 heavy (non-hydrogen) atoms. The molecule has 2 unspecified atom stereocenters. The molecule has 1 fully saturated rings. The molecular formula is C17H17BrN4O2. The summed E-state index contributed by atoms with van der Waals surface area (Å²) in [5, 5.41) is 2.67. The van der Waals surface area contributed by atoms with E-state index >= 15 is 0 Å². The number of nitrogens with zero attached hydrogens (tertiary/aromatic N) is 3. The van der Waals surface area contributed by atoms with E-state index in [0.29, 0.717) is 6.54 Å². The fourth-order valence-corrected chi connectivity index (χ4v) is 2.99. The maximum Gasteiger partial charge on any atom is 0.232 e. The van der Waals surface area contributed by atoms with Crippen molar-refractivity contribution in [3.8, 4) is 0 Å². The second-order valence-corrected chi connectivity index (χ2v) is 6.66. The predicted octanol–water partition coefficient (Wildman–Crippen LogP) is 2.79. The Morgan fingerprint density at radius 2 is 1.96 bits per heavy atom. The molecule has 124 valence electrons. The minimum Gasteiger partial charge on any atom is -0.335 e. The van der Waals surface area contributed by atoms with Crippen molar-refractivity contribution in [1.82, 2.24) is 14.9 Å². The van der Waals surface area contributed by atoms with Gasteiger partial charge < -0.3 is 4.90 Å². The zero-order valence-corrected chi connectivity index (χ0v) is 14.7. The molecule has 3 rings (SSSR count). The van der Waals surface area contributed by atoms with Crippen molar-refractivity contribution >= 4 is 33.7 Å². The van der Waals surface area contributed by atoms with Gasteiger partial charge in [0.25, 0.3) is 0 Å². The Bertz CT molecular complexity index is 736. The summed E-state index contributed by atoms with van der Waals surface area (Å²) >= 11 is 3.24. The topological polar surface area (TPSA) is 75.2 Å². The molecular weight excluding hydrogens is 372 g/mol. The van der Waals surface area contributed by atoms with Crippen molar-refractivity contribution < 1.29 is 9.59 Å². The molecule has 1 aliphatic heterocycles. The second kappa shape index (κ2) is 7.09. The molecule has 2 heterocycles. The molecule has 1 aromatic heterocycles. The van der Waals surface area contributed by atoms with Gasteiger partial charge >= 0.3 is 0 Å². The van der Waals surface area contributed by atoms with Gasteiger partial charge in [-0.15, -0.1) is 0 Å². The van der Waals surface area contributed by atoms with Gasteiger partial charge in [0.2, 0.25) is 17.8 Å². The predicted molar refractivity (Wildman–Crippen MR) is 93.0 cm³/mol. The van der Waals surface area contributed by atoms with Crippen LogP contribution in [-0.2, 0) is 9.59 Å². The third-order valence-corrected chi connectivity index (χ3v) is 4.54. The highest BCUT2D eigenvalue weighted by Crippen LogP contribution is 2.28. The molecule has 6 nitrogen and oxygen atoms in total. The lowest BCUT2D eigenvalue weighted by atomic mass is 10.1. The van der Waals surface area contributed by atoms with Gasteiger partial charge in [0.05, 0.1) is 16.4 Å². The average Bonchev–Trinajstić information content (AvgIpc) is 2.99. The zero-order chi connectivity index (χ0) is 17.1. The molecule has 0 bridgehead atoms. The standard InChI is InChI=1S/C17H17BrN4O2/c1-11(12-5-3-2-4-6-12)22-10-13(7-15(22)23)16(24)21-17-19-8-14(18)9-20-17/h2-6,8-9,11,13H,7,10H2,1H3,(H,19,20,21,24). The van der Waals surface area contributed by atoms with Crippen LogP contribution in [0.25, 0.3) is 0 Å². The van der Waals surface area contributed by atoms with Crippen LogP contribution in [0.1, 0.15) is 24.9 Å². The van der Waals surface area contributed by atoms with Crippen LogP contribution in [-0.4, -0.2) is 33.2 Å². The molecule has 2 amide bonds. The van der Waals surface area contributed by atoms with Gasteiger partial charge in [-0.3, -0.25) is 14.9 Å². The Labute approximate surface area is 148 Å². The first kappa shape index (κ1) is 16.6. The van der Waals surface area contributed by atoms with Gasteiger partial charge in [0.1, 0.15) is 0 Å². The molecule has 2 aromatic rings. The van der Waals surface area contributed by atoms with Crippen LogP contribution in [0, 0.1) is 5.92 Å². The number of likely N-dealkylation sites (tertiary alicyclic amines) is 1. The summed E-state index contributed by atoms with van der Waals surface area (Å²) in [5.74, 6) is -0.391. The summed E-state index contributed by atoms with van der Waals surface area (Å²) in [6.07, 6.45) is 3.33. The van der Waals surface area contributed by atoms with Crippen molar-refractivity contribution in [2.75, 3.05) is 11.9 Å². The number of halogens is 1. The fourth-order valence-electron chi connectivity index (χ4n) is 2.78. The number of hydrogen-bond donors (Lipinski definition) is 1. The number of anilines is 1. The molecule has 1 N–H and O–H groups in total. The summed E-state index contributed by atoms with van der Waals surface area (Å²) in [6, 6.07) is 9.75. The molecule has 0 radical (unpaired) electrons. The molecule has 0 aliphatic carbocycles. The van der Waals surface area contributed by atoms with Gasteiger partial charge in [-0.1, -0.05) is 30.3 Å². The number of benzene rings is 1. The quantitative estimate of drug-likeness (QED) is 0.873. The van der Waals surface area contributed by atoms with E-state index in [0.717, 1.165) is 10.0 Å². The van der Waals surface area contributed by atoms with E-state index in [1.54, 1.807) is 17.3 Å². The lowest BCUT2D eigenvalue weighted by molar-refractivity contribution is -0.129. The number of carbonyl (C=O) groups is 2. The van der Waals surface area contributed by atoms with E-state index in [1.165, 1.54) is 0 Å². The zero-order valence-electron chi connectivity index (χ0n) is 13.1. The van der Waals surface area contributed by atoms with E-state index in [4.69, 9.17) is 0 Å². The van der Waals surface area contributed by atoms with Crippen molar-refractivity contribution in [1.29, 1.82) is 0 Å². The number of hydrogen-bond acceptors (Lipinski definition) is 4. The molecule has 2 atom stereocenters. The monoisotopic (exact) mass is 388 g/mol. The Morgan fingerprint density at radius 3 is 2.62 bits per heavy atom. The minimum atomic E-state index is -0.393. The minimum absolute atomic E-state index is 0.0109. The van der Waals surface area contributed by atoms with Crippen LogP contribution in [0.2, 0.25) is 0 Å². The molecule has 0 saturated carbocycles. The highest BCUT2D eigenvalue weighted by Gasteiger charge is 2.37. The third-order valence-electron chi connectivity index (χ3n) is 4.13. The SMILES string of the molecule is CC(c1ccccc1)N1CC(C(=O)Nc2ncc(Br)cn2)CC1=O. The van der Waals surface area contributed by atoms with Crippen LogP contribution in [0.5, 0.6) is 0 Å². The maximum absolute atomic E-state index is 12.4. The average molecular weight is 389 g/mol. The van der Waals surface area contributed by atoms with Crippen molar-refractivity contribution in [2.45, 2.75) is 19.4 Å². The Balaban J connectivity index is 1.65. The smallest absolute Gasteiger partial charge is 0.232 e. The lowest BCUT2D eigenvalue weighted by Gasteiger charge is -2.25. The number of nitrogens with one attached hydrogen (secondary N) is 1. The normalized spacial score (nSPS) is 18.5. The Hall–Kier alpha value is -2.28. The number of carbonyl (C=O) groups excluding carboxylic acids is 2. The van der Waals surface area contributed by atoms with Crippen LogP contribution >= 0.6 is 15.9 Å². The van der Waals surface area contributed by atoms with E-state index in [9.17, 15) is 9.59 Å². The maximum atomic E-state index is 12.4. The van der Waals surface area contributed by atoms with Crippen LogP contribution in [0.4, 0.5) is 5.95 Å². The summed E-state index contributed by atoms with van der Waals surface area (Å²) in [4.78, 5) is 34.5. The van der Waals surface area contributed by atoms with E-state index in [1.807, 2.05) is 37.3 Å². The van der Waals surface area contributed by atoms with E-state index < -0.39 is 5.92 Å². The van der Waals surface area contributed by atoms with Crippen LogP contribution < -0.4 is 5.32 Å². The van der Waals surface area contributed by atoms with Gasteiger partial charge in [0, 0.05) is 25.4 Å². The summed E-state index contributed by atoms with van der Waals surface area (Å²) in [7, 11) is 0. The van der Waals surface area contributed by atoms with E-state index in [2.05, 4.69) is 31.2 Å². The largest absolute Gasteiger partial charge is 0.335 e. The molecule has 1 saturated heterocycles. The van der Waals surface area contributed by atoms with Gasteiger partial charge in [-0.05, 0) is 28.4 Å². The molecule has 7 heteroatoms. The number of aromatic nitrogens is 2. The Kier molecular flexibility index (Phi) is 4.89. The number of rotatable bonds is 4. The third kappa shape index (κ3) is 3.62. The fraction of sp³-hybridized carbons (Fsp3) is 0.294. The lowest BCUT2D eigenvalue weighted by Crippen LogP contribution is -2.30. The highest BCUT2D eigenvalue weighted by molar-refractivity contribution is 9.10. The first-order valence-electron chi connectivity index (χ1n) is 7.67. The molecule has 0 spiro atoms. The van der Waals surface area contributed by atoms with Gasteiger partial charge in [-0.2, -0.15) is 0 Å². The summed E-state index contributed by atoms with van der Waals surface area (Å²) < 4.78 is 0.736. The summed E-state index contributed by atoms with van der Waals surface area (Å²) in [6.45, 7) is 2.38. The van der Waals surface area contributed by atoms with Gasteiger partial charge in [-0.25, -0.2) is 9.97 Å². The Morgan fingerprint density at radius 1 is 1.29 bits per heavy atom. The van der Waals surface area contributed by atoms with Crippen LogP contribution in [0.3, 0.4) is 0 Å². The van der Waals surface area contributed by atoms with Crippen molar-refractivity contribution in [2.24, 2.45) is 5.92 Å². The first-order valence-corrected chi connectivity index (χ1v) is 8.46. The van der Waals surface area contributed by atoms with Crippen LogP contribution in [0.15, 0.2) is 47.2 Å². The second-order valence-electron chi connectivity index (χ2n) is 5.75. The summed E-state index contributed by atoms with van der Waals surface area (Å²) in [5.41, 5.74) is 1.06. The molecule has 1 aromatic carbocycles. The first-order chi connectivity index (χ1) is 11.5. The molecule has 1 aliphatic rings. The van der Waals surface area contributed by atoms with Crippen molar-refractivity contribution in [3.05, 3.63) is 52.8 Å².